The van der Waals surface area contributed by atoms with Crippen molar-refractivity contribution in [2.45, 2.75) is 39.8 Å². The van der Waals surface area contributed by atoms with E-state index in [2.05, 4.69) is 36.0 Å². The molecule has 1 heterocycles. The molecule has 0 spiro atoms. The van der Waals surface area contributed by atoms with Gasteiger partial charge >= 0.3 is 6.18 Å². The smallest absolute Gasteiger partial charge is 0.416 e. The molecule has 7 heteroatoms. The molecule has 1 unspecified atom stereocenters. The molecule has 0 amide bonds. The number of benzene rings is 1. The Balaban J connectivity index is 2.22. The number of alkyl halides is 3. The summed E-state index contributed by atoms with van der Waals surface area (Å²) in [5.41, 5.74) is 2.02. The van der Waals surface area contributed by atoms with Crippen molar-refractivity contribution in [2.75, 3.05) is 27.2 Å². The van der Waals surface area contributed by atoms with E-state index in [0.717, 1.165) is 49.3 Å². The monoisotopic (exact) mass is 395 g/mol. The van der Waals surface area contributed by atoms with E-state index in [-0.39, 0.29) is 5.75 Å². The molecule has 0 aliphatic carbocycles. The molecular formula is C21H28F3N3O. The Hall–Kier alpha value is -2.15. The van der Waals surface area contributed by atoms with Gasteiger partial charge in [0.15, 0.2) is 0 Å². The summed E-state index contributed by atoms with van der Waals surface area (Å²) in [6.45, 7) is 8.25. The first-order valence-corrected chi connectivity index (χ1v) is 9.43. The minimum absolute atomic E-state index is 0.134. The van der Waals surface area contributed by atoms with Crippen molar-refractivity contribution in [3.63, 3.8) is 0 Å². The van der Waals surface area contributed by atoms with Crippen LogP contribution in [0.1, 0.15) is 37.1 Å². The SMILES string of the molecule is CCCN(C)CC(C)Cc1cc(C)c(-c2ccc(C(F)(F)F)cc2OC)nn1. The molecule has 4 nitrogen and oxygen atoms in total. The summed E-state index contributed by atoms with van der Waals surface area (Å²) in [5.74, 6) is 0.561. The van der Waals surface area contributed by atoms with Crippen LogP contribution in [0.4, 0.5) is 13.2 Å². The first kappa shape index (κ1) is 22.1. The van der Waals surface area contributed by atoms with E-state index in [1.54, 1.807) is 0 Å². The Morgan fingerprint density at radius 2 is 1.89 bits per heavy atom. The quantitative estimate of drug-likeness (QED) is 0.630. The van der Waals surface area contributed by atoms with Gasteiger partial charge < -0.3 is 9.64 Å². The average molecular weight is 395 g/mol. The maximum atomic E-state index is 12.9. The summed E-state index contributed by atoms with van der Waals surface area (Å²) >= 11 is 0. The van der Waals surface area contributed by atoms with Crippen molar-refractivity contribution in [2.24, 2.45) is 5.92 Å². The summed E-state index contributed by atoms with van der Waals surface area (Å²) in [6, 6.07) is 5.38. The van der Waals surface area contributed by atoms with E-state index >= 15 is 0 Å². The second kappa shape index (κ2) is 9.37. The topological polar surface area (TPSA) is 38.2 Å². The Morgan fingerprint density at radius 3 is 2.46 bits per heavy atom. The van der Waals surface area contributed by atoms with Crippen molar-refractivity contribution < 1.29 is 17.9 Å². The lowest BCUT2D eigenvalue weighted by Crippen LogP contribution is -2.26. The summed E-state index contributed by atoms with van der Waals surface area (Å²) in [7, 11) is 3.46. The average Bonchev–Trinajstić information content (AvgIpc) is 2.60. The molecular weight excluding hydrogens is 367 g/mol. The number of rotatable bonds is 8. The molecule has 0 aliphatic rings. The largest absolute Gasteiger partial charge is 0.496 e. The lowest BCUT2D eigenvalue weighted by molar-refractivity contribution is -0.137. The molecule has 1 aromatic carbocycles. The zero-order valence-corrected chi connectivity index (χ0v) is 17.1. The molecule has 28 heavy (non-hydrogen) atoms. The highest BCUT2D eigenvalue weighted by Crippen LogP contribution is 2.37. The highest BCUT2D eigenvalue weighted by Gasteiger charge is 2.31. The van der Waals surface area contributed by atoms with Crippen molar-refractivity contribution in [1.82, 2.24) is 15.1 Å². The van der Waals surface area contributed by atoms with Gasteiger partial charge in [-0.05, 0) is 69.1 Å². The number of aromatic nitrogens is 2. The molecule has 0 bridgehead atoms. The van der Waals surface area contributed by atoms with Crippen LogP contribution >= 0.6 is 0 Å². The summed E-state index contributed by atoms with van der Waals surface area (Å²) in [5, 5.41) is 8.60. The Morgan fingerprint density at radius 1 is 1.18 bits per heavy atom. The highest BCUT2D eigenvalue weighted by molar-refractivity contribution is 5.70. The Bertz CT molecular complexity index is 793. The zero-order valence-electron chi connectivity index (χ0n) is 17.1. The highest BCUT2D eigenvalue weighted by atomic mass is 19.4. The minimum Gasteiger partial charge on any atom is -0.496 e. The maximum absolute atomic E-state index is 12.9. The molecule has 154 valence electrons. The van der Waals surface area contributed by atoms with Crippen LogP contribution in [-0.2, 0) is 12.6 Å². The van der Waals surface area contributed by atoms with E-state index < -0.39 is 11.7 Å². The molecule has 2 aromatic rings. The third-order valence-corrected chi connectivity index (χ3v) is 4.61. The second-order valence-corrected chi connectivity index (χ2v) is 7.35. The van der Waals surface area contributed by atoms with Crippen LogP contribution in [0.3, 0.4) is 0 Å². The van der Waals surface area contributed by atoms with Crippen molar-refractivity contribution in [3.05, 3.63) is 41.1 Å². The van der Waals surface area contributed by atoms with Gasteiger partial charge in [0.1, 0.15) is 5.75 Å². The van der Waals surface area contributed by atoms with E-state index in [1.165, 1.54) is 13.2 Å². The van der Waals surface area contributed by atoms with Gasteiger partial charge in [0.2, 0.25) is 0 Å². The van der Waals surface area contributed by atoms with Crippen molar-refractivity contribution >= 4 is 0 Å². The van der Waals surface area contributed by atoms with Gasteiger partial charge in [-0.1, -0.05) is 13.8 Å². The van der Waals surface area contributed by atoms with Crippen LogP contribution in [0, 0.1) is 12.8 Å². The number of nitrogens with zero attached hydrogens (tertiary/aromatic N) is 3. The normalized spacial score (nSPS) is 13.0. The molecule has 0 N–H and O–H groups in total. The molecule has 1 atom stereocenters. The Kier molecular flexibility index (Phi) is 7.41. The number of ether oxygens (including phenoxy) is 1. The molecule has 0 radical (unpaired) electrons. The van der Waals surface area contributed by atoms with Crippen molar-refractivity contribution in [1.29, 1.82) is 0 Å². The van der Waals surface area contributed by atoms with Crippen LogP contribution in [0.15, 0.2) is 24.3 Å². The number of halogens is 3. The number of aryl methyl sites for hydroxylation is 1. The van der Waals surface area contributed by atoms with Gasteiger partial charge in [-0.3, -0.25) is 0 Å². The van der Waals surface area contributed by atoms with E-state index in [1.807, 2.05) is 13.0 Å². The fourth-order valence-corrected chi connectivity index (χ4v) is 3.40. The van der Waals surface area contributed by atoms with E-state index in [9.17, 15) is 13.2 Å². The van der Waals surface area contributed by atoms with Gasteiger partial charge in [-0.2, -0.15) is 18.3 Å². The third-order valence-electron chi connectivity index (χ3n) is 4.61. The molecule has 1 aromatic heterocycles. The summed E-state index contributed by atoms with van der Waals surface area (Å²) in [6.07, 6.45) is -2.50. The molecule has 2 rings (SSSR count). The lowest BCUT2D eigenvalue weighted by atomic mass is 10.0. The van der Waals surface area contributed by atoms with Gasteiger partial charge in [-0.15, -0.1) is 5.10 Å². The standard InChI is InChI=1S/C21H28F3N3O/c1-6-9-27(4)13-14(2)10-17-11-15(3)20(26-25-17)18-8-7-16(21(22,23)24)12-19(18)28-5/h7-8,11-12,14H,6,9-10,13H2,1-5H3. The molecule has 0 aliphatic heterocycles. The fourth-order valence-electron chi connectivity index (χ4n) is 3.40. The van der Waals surface area contributed by atoms with Gasteiger partial charge in [-0.25, -0.2) is 0 Å². The molecule has 0 saturated heterocycles. The zero-order chi connectivity index (χ0) is 20.9. The van der Waals surface area contributed by atoms with Crippen molar-refractivity contribution in [3.8, 4) is 17.0 Å². The first-order valence-electron chi connectivity index (χ1n) is 9.43. The third kappa shape index (κ3) is 5.67. The number of methoxy groups -OCH3 is 1. The van der Waals surface area contributed by atoms with E-state index in [4.69, 9.17) is 4.74 Å². The predicted molar refractivity (Wildman–Crippen MR) is 104 cm³/mol. The molecule has 0 fully saturated rings. The van der Waals surface area contributed by atoms with Crippen LogP contribution in [0.25, 0.3) is 11.3 Å². The Labute approximate surface area is 164 Å². The number of hydrogen-bond acceptors (Lipinski definition) is 4. The number of hydrogen-bond donors (Lipinski definition) is 0. The molecule has 0 saturated carbocycles. The van der Waals surface area contributed by atoms with Gasteiger partial charge in [0.05, 0.1) is 24.1 Å². The minimum atomic E-state index is -4.42. The maximum Gasteiger partial charge on any atom is 0.416 e. The second-order valence-electron chi connectivity index (χ2n) is 7.35. The predicted octanol–water partition coefficient (Wildman–Crippen LogP) is 5.00. The van der Waals surface area contributed by atoms with Crippen LogP contribution in [-0.4, -0.2) is 42.3 Å². The van der Waals surface area contributed by atoms with Crippen LogP contribution in [0.5, 0.6) is 5.75 Å². The first-order chi connectivity index (χ1) is 13.2. The van der Waals surface area contributed by atoms with Gasteiger partial charge in [0, 0.05) is 12.1 Å². The lowest BCUT2D eigenvalue weighted by Gasteiger charge is -2.20. The van der Waals surface area contributed by atoms with E-state index in [0.29, 0.717) is 17.2 Å². The summed E-state index contributed by atoms with van der Waals surface area (Å²) in [4.78, 5) is 2.30. The van der Waals surface area contributed by atoms with Crippen LogP contribution in [0.2, 0.25) is 0 Å². The van der Waals surface area contributed by atoms with Gasteiger partial charge in [0.25, 0.3) is 0 Å². The fraction of sp³-hybridized carbons (Fsp3) is 0.524. The van der Waals surface area contributed by atoms with Crippen LogP contribution < -0.4 is 4.74 Å². The summed E-state index contributed by atoms with van der Waals surface area (Å²) < 4.78 is 44.0.